The number of ether oxygens (including phenoxy) is 1. The molecule has 0 aliphatic carbocycles. The number of hydrogen-bond donors (Lipinski definition) is 4. The Kier molecular flexibility index (Phi) is 4.90. The average molecular weight is 346 g/mol. The fraction of sp³-hybridized carbons (Fsp3) is 0.615. The lowest BCUT2D eigenvalue weighted by atomic mass is 10.1. The summed E-state index contributed by atoms with van der Waals surface area (Å²) in [6.07, 6.45) is -2.55. The lowest BCUT2D eigenvalue weighted by molar-refractivity contribution is -0.0236. The van der Waals surface area contributed by atoms with Crippen molar-refractivity contribution in [1.82, 2.24) is 24.6 Å². The molecule has 3 heterocycles. The minimum Gasteiger partial charge on any atom is -1.00 e. The zero-order chi connectivity index (χ0) is 16.1. The molecule has 0 amide bonds. The maximum Gasteiger partial charge on any atom is 0.258 e. The molecule has 0 saturated carbocycles. The monoisotopic (exact) mass is 345 g/mol. The molecule has 1 aliphatic heterocycles. The molecule has 4 N–H and O–H groups in total. The summed E-state index contributed by atoms with van der Waals surface area (Å²) in [5.74, 6) is 0.722. The van der Waals surface area contributed by atoms with E-state index in [2.05, 4.69) is 20.2 Å². The summed E-state index contributed by atoms with van der Waals surface area (Å²) in [7, 11) is 5.88. The molecule has 0 aromatic carbocycles. The molecule has 3 rings (SSSR count). The largest absolute Gasteiger partial charge is 1.00 e. The Morgan fingerprint density at radius 1 is 1.17 bits per heavy atom. The predicted octanol–water partition coefficient (Wildman–Crippen LogP) is -4.29. The number of rotatable bonds is 3. The third kappa shape index (κ3) is 2.91. The van der Waals surface area contributed by atoms with Crippen molar-refractivity contribution in [3.8, 4) is 0 Å². The van der Waals surface area contributed by atoms with E-state index in [1.165, 1.54) is 6.33 Å². The van der Waals surface area contributed by atoms with Gasteiger partial charge in [-0.3, -0.25) is 9.58 Å². The summed E-state index contributed by atoms with van der Waals surface area (Å²) in [5, 5.41) is 36.3. The Morgan fingerprint density at radius 3 is 2.43 bits per heavy atom. The number of nitrogens with zero attached hydrogens (tertiary/aromatic N) is 4. The lowest BCUT2D eigenvalue weighted by Crippen LogP contribution is -3.00. The first-order valence-electron chi connectivity index (χ1n) is 6.98. The van der Waals surface area contributed by atoms with E-state index in [0.717, 1.165) is 5.82 Å². The fourth-order valence-electron chi connectivity index (χ4n) is 2.67. The second-order valence-electron chi connectivity index (χ2n) is 6.30. The van der Waals surface area contributed by atoms with Crippen LogP contribution >= 0.6 is 0 Å². The van der Waals surface area contributed by atoms with Crippen LogP contribution in [0, 0.1) is 0 Å². The van der Waals surface area contributed by atoms with Crippen LogP contribution in [0.1, 0.15) is 11.8 Å². The molecule has 0 bridgehead atoms. The topological polar surface area (TPSA) is 124 Å². The second kappa shape index (κ2) is 6.27. The third-order valence-electron chi connectivity index (χ3n) is 3.81. The maximum absolute atomic E-state index is 10.1. The van der Waals surface area contributed by atoms with Gasteiger partial charge < -0.3 is 32.5 Å². The lowest BCUT2D eigenvalue weighted by Gasteiger charge is -2.21. The van der Waals surface area contributed by atoms with Crippen molar-refractivity contribution in [3.05, 3.63) is 12.0 Å². The summed E-state index contributed by atoms with van der Waals surface area (Å²) >= 11 is 0. The molecule has 23 heavy (non-hydrogen) atoms. The summed E-state index contributed by atoms with van der Waals surface area (Å²) in [5.41, 5.74) is 1.59. The zero-order valence-corrected chi connectivity index (χ0v) is 13.8. The molecule has 2 aromatic rings. The Balaban J connectivity index is 0.00000192. The van der Waals surface area contributed by atoms with Crippen LogP contribution in [0.4, 0.5) is 5.82 Å². The van der Waals surface area contributed by atoms with Gasteiger partial charge in [-0.25, -0.2) is 4.98 Å². The molecule has 2 aromatic heterocycles. The first kappa shape index (κ1) is 18.0. The van der Waals surface area contributed by atoms with Crippen molar-refractivity contribution in [2.24, 2.45) is 0 Å². The van der Waals surface area contributed by atoms with Gasteiger partial charge in [0.1, 0.15) is 36.3 Å². The molecule has 1 saturated heterocycles. The highest BCUT2D eigenvalue weighted by Crippen LogP contribution is 2.36. The average Bonchev–Trinajstić information content (AvgIpc) is 3.00. The molecule has 1 aliphatic rings. The number of hydrogen-bond acceptors (Lipinski definition) is 7. The summed E-state index contributed by atoms with van der Waals surface area (Å²) in [6.45, 7) is -0.375. The number of quaternary nitrogens is 1. The normalized spacial score (nSPS) is 28.1. The SMILES string of the molecule is C[N+](C)(C)c1ncnc2c(C3OC(CO)C(O)C3O)[nH]nc12.[Cl-]. The van der Waals surface area contributed by atoms with E-state index >= 15 is 0 Å². The molecule has 4 atom stereocenters. The number of aliphatic hydroxyl groups is 3. The van der Waals surface area contributed by atoms with Gasteiger partial charge in [-0.2, -0.15) is 10.1 Å². The fourth-order valence-corrected chi connectivity index (χ4v) is 2.67. The van der Waals surface area contributed by atoms with Crippen molar-refractivity contribution in [2.45, 2.75) is 24.4 Å². The zero-order valence-electron chi connectivity index (χ0n) is 13.0. The molecule has 1 fully saturated rings. The van der Waals surface area contributed by atoms with Gasteiger partial charge in [-0.1, -0.05) is 0 Å². The number of H-pyrrole nitrogens is 1. The first-order chi connectivity index (χ1) is 10.3. The van der Waals surface area contributed by atoms with E-state index in [-0.39, 0.29) is 19.0 Å². The van der Waals surface area contributed by atoms with Crippen LogP contribution in [-0.4, -0.2) is 81.5 Å². The molecule has 4 unspecified atom stereocenters. The molecular weight excluding hydrogens is 326 g/mol. The van der Waals surface area contributed by atoms with E-state index in [0.29, 0.717) is 21.2 Å². The van der Waals surface area contributed by atoms with Gasteiger partial charge in [-0.15, -0.1) is 0 Å². The van der Waals surface area contributed by atoms with Crippen molar-refractivity contribution in [1.29, 1.82) is 0 Å². The summed E-state index contributed by atoms with van der Waals surface area (Å²) < 4.78 is 5.98. The van der Waals surface area contributed by atoms with E-state index < -0.39 is 24.4 Å². The number of fused-ring (bicyclic) bond motifs is 1. The van der Waals surface area contributed by atoms with Crippen molar-refractivity contribution in [3.63, 3.8) is 0 Å². The Morgan fingerprint density at radius 2 is 1.87 bits per heavy atom. The van der Waals surface area contributed by atoms with Crippen molar-refractivity contribution >= 4 is 16.9 Å². The molecule has 0 spiro atoms. The molecule has 128 valence electrons. The number of aliphatic hydroxyl groups excluding tert-OH is 3. The van der Waals surface area contributed by atoms with E-state index in [1.54, 1.807) is 0 Å². The van der Waals surface area contributed by atoms with Crippen LogP contribution < -0.4 is 16.9 Å². The number of nitrogens with one attached hydrogen (secondary N) is 1. The molecular formula is C13H20ClN5O4. The van der Waals surface area contributed by atoms with Crippen LogP contribution in [0.5, 0.6) is 0 Å². The highest BCUT2D eigenvalue weighted by atomic mass is 35.5. The maximum atomic E-state index is 10.1. The van der Waals surface area contributed by atoms with Gasteiger partial charge in [0.2, 0.25) is 0 Å². The van der Waals surface area contributed by atoms with Gasteiger partial charge in [0, 0.05) is 0 Å². The van der Waals surface area contributed by atoms with Crippen LogP contribution in [0.3, 0.4) is 0 Å². The number of aromatic nitrogens is 4. The van der Waals surface area contributed by atoms with Gasteiger partial charge >= 0.3 is 0 Å². The third-order valence-corrected chi connectivity index (χ3v) is 3.81. The van der Waals surface area contributed by atoms with Crippen molar-refractivity contribution < 1.29 is 32.5 Å². The Labute approximate surface area is 138 Å². The van der Waals surface area contributed by atoms with Crippen LogP contribution in [0.25, 0.3) is 11.0 Å². The standard InChI is InChI=1S/C13H20N5O4.ClH/c1-18(2,3)13-9-7(14-5-15-13)8(16-17-9)12-11(21)10(20)6(4-19)22-12;/h5-6,10-12,19-21H,4H2,1-3H3,(H,16,17);1H/q+1;/p-1. The highest BCUT2D eigenvalue weighted by Gasteiger charge is 2.45. The number of aromatic amines is 1. The van der Waals surface area contributed by atoms with E-state index in [9.17, 15) is 15.3 Å². The van der Waals surface area contributed by atoms with Crippen LogP contribution in [0.2, 0.25) is 0 Å². The second-order valence-corrected chi connectivity index (χ2v) is 6.30. The van der Waals surface area contributed by atoms with E-state index in [4.69, 9.17) is 4.74 Å². The van der Waals surface area contributed by atoms with Crippen LogP contribution in [0.15, 0.2) is 6.33 Å². The molecule has 9 nitrogen and oxygen atoms in total. The quantitative estimate of drug-likeness (QED) is 0.415. The smallest absolute Gasteiger partial charge is 0.258 e. The van der Waals surface area contributed by atoms with Gasteiger partial charge in [0.05, 0.1) is 33.4 Å². The van der Waals surface area contributed by atoms with E-state index in [1.807, 2.05) is 21.1 Å². The first-order valence-corrected chi connectivity index (χ1v) is 6.98. The van der Waals surface area contributed by atoms with Gasteiger partial charge in [0.15, 0.2) is 5.52 Å². The van der Waals surface area contributed by atoms with Gasteiger partial charge in [0.25, 0.3) is 5.82 Å². The highest BCUT2D eigenvalue weighted by molar-refractivity contribution is 5.86. The minimum absolute atomic E-state index is 0. The summed E-state index contributed by atoms with van der Waals surface area (Å²) in [6, 6.07) is 0. The Bertz CT molecular complexity index is 689. The minimum atomic E-state index is -1.16. The van der Waals surface area contributed by atoms with Crippen LogP contribution in [-0.2, 0) is 4.74 Å². The predicted molar refractivity (Wildman–Crippen MR) is 78.0 cm³/mol. The Hall–Kier alpha value is -1.36. The number of halogens is 1. The summed E-state index contributed by atoms with van der Waals surface area (Å²) in [4.78, 5) is 8.49. The van der Waals surface area contributed by atoms with Gasteiger partial charge in [-0.05, 0) is 0 Å². The molecule has 10 heteroatoms. The van der Waals surface area contributed by atoms with Crippen molar-refractivity contribution in [2.75, 3.05) is 27.7 Å². The molecule has 0 radical (unpaired) electrons.